The fourth-order valence-electron chi connectivity index (χ4n) is 2.93. The minimum Gasteiger partial charge on any atom is -0.422 e. The lowest BCUT2D eigenvalue weighted by atomic mass is 10.2. The highest BCUT2D eigenvalue weighted by atomic mass is 35.5. The van der Waals surface area contributed by atoms with Gasteiger partial charge in [0, 0.05) is 33.3 Å². The maximum atomic E-state index is 12.7. The second-order valence-electron chi connectivity index (χ2n) is 6.67. The maximum Gasteiger partial charge on any atom is 0.355 e. The van der Waals surface area contributed by atoms with Gasteiger partial charge in [-0.3, -0.25) is 14.9 Å². The normalized spacial score (nSPS) is 10.9. The number of carbonyl (C=O) groups excluding carboxylic acids is 2. The molecule has 4 aromatic rings. The summed E-state index contributed by atoms with van der Waals surface area (Å²) in [5.74, 6) is -0.908. The number of non-ortho nitro benzene ring substituents is 1. The Morgan fingerprint density at radius 2 is 1.73 bits per heavy atom. The molecular weight excluding hydrogens is 466 g/mol. The van der Waals surface area contributed by atoms with Crippen LogP contribution in [-0.4, -0.2) is 23.0 Å². The van der Waals surface area contributed by atoms with Crippen LogP contribution in [0.25, 0.3) is 10.1 Å². The molecule has 0 aliphatic rings. The number of nitrogens with one attached hydrogen (secondary N) is 1. The van der Waals surface area contributed by atoms with E-state index in [1.165, 1.54) is 41.8 Å². The summed E-state index contributed by atoms with van der Waals surface area (Å²) in [6, 6.07) is 19.2. The molecule has 1 N–H and O–H groups in total. The van der Waals surface area contributed by atoms with E-state index >= 15 is 0 Å². The fraction of sp³-hybridized carbons (Fsp3) is 0. The Labute approximate surface area is 196 Å². The fourth-order valence-corrected chi connectivity index (χ4v) is 4.32. The van der Waals surface area contributed by atoms with E-state index < -0.39 is 16.8 Å². The number of para-hydroxylation sites is 1. The molecule has 8 nitrogen and oxygen atoms in total. The predicted octanol–water partition coefficient (Wildman–Crippen LogP) is 5.45. The number of halogens is 1. The molecule has 0 fully saturated rings. The third-order valence-electron chi connectivity index (χ3n) is 4.55. The van der Waals surface area contributed by atoms with Gasteiger partial charge in [-0.25, -0.2) is 10.2 Å². The Bertz CT molecular complexity index is 1400. The van der Waals surface area contributed by atoms with Gasteiger partial charge in [0.15, 0.2) is 0 Å². The van der Waals surface area contributed by atoms with Crippen LogP contribution < -0.4 is 10.2 Å². The zero-order chi connectivity index (χ0) is 23.4. The van der Waals surface area contributed by atoms with Crippen LogP contribution in [0.5, 0.6) is 5.75 Å². The Morgan fingerprint density at radius 3 is 2.45 bits per heavy atom. The minimum atomic E-state index is -0.600. The van der Waals surface area contributed by atoms with Crippen LogP contribution in [0.4, 0.5) is 5.69 Å². The SMILES string of the molecule is O=C(NN=Cc1ccccc1OC(=O)c1sc2ccccc2c1Cl)c1ccc([N+](=O)[O-])cc1. The smallest absolute Gasteiger partial charge is 0.355 e. The number of nitrogens with zero attached hydrogens (tertiary/aromatic N) is 2. The predicted molar refractivity (Wildman–Crippen MR) is 126 cm³/mol. The third kappa shape index (κ3) is 4.89. The van der Waals surface area contributed by atoms with Gasteiger partial charge < -0.3 is 4.74 Å². The van der Waals surface area contributed by atoms with Gasteiger partial charge >= 0.3 is 5.97 Å². The molecular formula is C23H14ClN3O5S. The Balaban J connectivity index is 1.47. The van der Waals surface area contributed by atoms with E-state index in [0.717, 1.165) is 10.1 Å². The number of nitro benzene ring substituents is 1. The molecule has 0 bridgehead atoms. The van der Waals surface area contributed by atoms with Crippen molar-refractivity contribution in [3.63, 3.8) is 0 Å². The van der Waals surface area contributed by atoms with Crippen LogP contribution in [0, 0.1) is 10.1 Å². The van der Waals surface area contributed by atoms with Crippen LogP contribution >= 0.6 is 22.9 Å². The van der Waals surface area contributed by atoms with Crippen molar-refractivity contribution in [2.45, 2.75) is 0 Å². The monoisotopic (exact) mass is 479 g/mol. The molecule has 3 aromatic carbocycles. The number of hydrogen-bond acceptors (Lipinski definition) is 7. The molecule has 1 aromatic heterocycles. The van der Waals surface area contributed by atoms with E-state index in [1.54, 1.807) is 24.3 Å². The maximum absolute atomic E-state index is 12.7. The number of carbonyl (C=O) groups is 2. The molecule has 0 atom stereocenters. The molecule has 0 aliphatic carbocycles. The molecule has 0 spiro atoms. The standard InChI is InChI=1S/C23H14ClN3O5S/c24-20-17-6-2-4-8-19(17)33-21(20)23(29)32-18-7-3-1-5-15(18)13-25-26-22(28)14-9-11-16(12-10-14)27(30)31/h1-13H,(H,26,28). The topological polar surface area (TPSA) is 111 Å². The summed E-state index contributed by atoms with van der Waals surface area (Å²) >= 11 is 7.60. The summed E-state index contributed by atoms with van der Waals surface area (Å²) in [5.41, 5.74) is 2.87. The molecule has 0 radical (unpaired) electrons. The second-order valence-corrected chi connectivity index (χ2v) is 8.10. The van der Waals surface area contributed by atoms with E-state index in [1.807, 2.05) is 24.3 Å². The quantitative estimate of drug-likeness (QED) is 0.130. The molecule has 4 rings (SSSR count). The number of hydrogen-bond donors (Lipinski definition) is 1. The summed E-state index contributed by atoms with van der Waals surface area (Å²) in [5, 5.41) is 15.7. The Kier molecular flexibility index (Phi) is 6.43. The third-order valence-corrected chi connectivity index (χ3v) is 6.21. The molecule has 164 valence electrons. The highest BCUT2D eigenvalue weighted by Gasteiger charge is 2.19. The number of esters is 1. The van der Waals surface area contributed by atoms with Crippen molar-refractivity contribution in [1.82, 2.24) is 5.43 Å². The van der Waals surface area contributed by atoms with Crippen LogP contribution in [0.2, 0.25) is 5.02 Å². The van der Waals surface area contributed by atoms with Crippen molar-refractivity contribution in [3.05, 3.63) is 104 Å². The summed E-state index contributed by atoms with van der Waals surface area (Å²) < 4.78 is 6.41. The summed E-state index contributed by atoms with van der Waals surface area (Å²) in [4.78, 5) is 35.4. The highest BCUT2D eigenvalue weighted by Crippen LogP contribution is 2.36. The summed E-state index contributed by atoms with van der Waals surface area (Å²) in [6.07, 6.45) is 1.33. The van der Waals surface area contributed by atoms with Crippen molar-refractivity contribution in [1.29, 1.82) is 0 Å². The summed E-state index contributed by atoms with van der Waals surface area (Å²) in [6.45, 7) is 0. The van der Waals surface area contributed by atoms with Gasteiger partial charge in [-0.05, 0) is 30.3 Å². The van der Waals surface area contributed by atoms with Gasteiger partial charge in [0.2, 0.25) is 0 Å². The molecule has 0 unspecified atom stereocenters. The molecule has 33 heavy (non-hydrogen) atoms. The summed E-state index contributed by atoms with van der Waals surface area (Å²) in [7, 11) is 0. The first-order valence-electron chi connectivity index (χ1n) is 9.50. The van der Waals surface area contributed by atoms with Gasteiger partial charge in [-0.2, -0.15) is 5.10 Å². The van der Waals surface area contributed by atoms with Crippen molar-refractivity contribution in [2.75, 3.05) is 0 Å². The molecule has 10 heteroatoms. The lowest BCUT2D eigenvalue weighted by molar-refractivity contribution is -0.384. The number of amides is 1. The van der Waals surface area contributed by atoms with Gasteiger partial charge in [0.1, 0.15) is 10.6 Å². The lowest BCUT2D eigenvalue weighted by Crippen LogP contribution is -2.17. The Hall–Kier alpha value is -4.08. The van der Waals surface area contributed by atoms with Gasteiger partial charge in [-0.15, -0.1) is 11.3 Å². The first-order chi connectivity index (χ1) is 15.9. The number of benzene rings is 3. The minimum absolute atomic E-state index is 0.121. The lowest BCUT2D eigenvalue weighted by Gasteiger charge is -2.06. The van der Waals surface area contributed by atoms with Crippen molar-refractivity contribution >= 4 is 56.8 Å². The molecule has 1 amide bonds. The van der Waals surface area contributed by atoms with E-state index in [2.05, 4.69) is 10.5 Å². The van der Waals surface area contributed by atoms with Crippen LogP contribution in [-0.2, 0) is 0 Å². The van der Waals surface area contributed by atoms with Crippen LogP contribution in [0.15, 0.2) is 77.9 Å². The number of nitro groups is 1. The van der Waals surface area contributed by atoms with E-state index in [-0.39, 0.29) is 21.9 Å². The molecule has 0 saturated carbocycles. The van der Waals surface area contributed by atoms with E-state index in [0.29, 0.717) is 10.6 Å². The number of hydrazone groups is 1. The zero-order valence-electron chi connectivity index (χ0n) is 16.7. The average Bonchev–Trinajstić information content (AvgIpc) is 3.17. The average molecular weight is 480 g/mol. The van der Waals surface area contributed by atoms with E-state index in [4.69, 9.17) is 16.3 Å². The number of fused-ring (bicyclic) bond motifs is 1. The van der Waals surface area contributed by atoms with Crippen molar-refractivity contribution in [3.8, 4) is 5.75 Å². The largest absolute Gasteiger partial charge is 0.422 e. The van der Waals surface area contributed by atoms with Crippen LogP contribution in [0.1, 0.15) is 25.6 Å². The Morgan fingerprint density at radius 1 is 1.03 bits per heavy atom. The highest BCUT2D eigenvalue weighted by molar-refractivity contribution is 7.21. The van der Waals surface area contributed by atoms with Gasteiger partial charge in [0.05, 0.1) is 16.2 Å². The molecule has 0 aliphatic heterocycles. The first-order valence-corrected chi connectivity index (χ1v) is 10.7. The number of thiophene rings is 1. The van der Waals surface area contributed by atoms with Gasteiger partial charge in [-0.1, -0.05) is 41.9 Å². The molecule has 0 saturated heterocycles. The number of rotatable bonds is 6. The van der Waals surface area contributed by atoms with Crippen molar-refractivity contribution in [2.24, 2.45) is 5.10 Å². The first kappa shape index (κ1) is 22.1. The van der Waals surface area contributed by atoms with Crippen molar-refractivity contribution < 1.29 is 19.2 Å². The second kappa shape index (κ2) is 9.60. The molecule has 1 heterocycles. The van der Waals surface area contributed by atoms with Gasteiger partial charge in [0.25, 0.3) is 11.6 Å². The number of ether oxygens (including phenoxy) is 1. The zero-order valence-corrected chi connectivity index (χ0v) is 18.3. The van der Waals surface area contributed by atoms with E-state index in [9.17, 15) is 19.7 Å². The van der Waals surface area contributed by atoms with Crippen LogP contribution in [0.3, 0.4) is 0 Å².